The second-order valence-corrected chi connectivity index (χ2v) is 9.07. The molecule has 2 bridgehead atoms. The summed E-state index contributed by atoms with van der Waals surface area (Å²) in [5.74, 6) is 2.74. The maximum absolute atomic E-state index is 13.8. The van der Waals surface area contributed by atoms with Gasteiger partial charge in [-0.05, 0) is 49.3 Å². The van der Waals surface area contributed by atoms with E-state index in [9.17, 15) is 4.39 Å². The molecule has 2 fully saturated rings. The molecule has 4 heterocycles. The number of methoxy groups -OCH3 is 1. The van der Waals surface area contributed by atoms with Crippen molar-refractivity contribution in [3.63, 3.8) is 0 Å². The lowest BCUT2D eigenvalue weighted by atomic mass is 9.92. The number of nitrogens with one attached hydrogen (secondary N) is 1. The predicted octanol–water partition coefficient (Wildman–Crippen LogP) is 3.08. The molecule has 2 unspecified atom stereocenters. The summed E-state index contributed by atoms with van der Waals surface area (Å²) in [6.07, 6.45) is 5.11. The number of halogens is 1. The molecule has 2 aromatic heterocycles. The maximum Gasteiger partial charge on any atom is 0.244 e. The minimum Gasteiger partial charge on any atom is -0.480 e. The lowest BCUT2D eigenvalue weighted by Gasteiger charge is -2.39. The Bertz CT molecular complexity index is 1140. The number of anilines is 4. The van der Waals surface area contributed by atoms with Crippen molar-refractivity contribution in [3.8, 4) is 5.88 Å². The summed E-state index contributed by atoms with van der Waals surface area (Å²) in [5, 5.41) is 16.5. The Labute approximate surface area is 191 Å². The van der Waals surface area contributed by atoms with Crippen molar-refractivity contribution < 1.29 is 9.13 Å². The van der Waals surface area contributed by atoms with Crippen LogP contribution in [-0.4, -0.2) is 57.7 Å². The number of aromatic nitrogens is 5. The third-order valence-corrected chi connectivity index (χ3v) is 7.09. The molecule has 1 aromatic carbocycles. The van der Waals surface area contributed by atoms with E-state index in [1.165, 1.54) is 18.9 Å². The summed E-state index contributed by atoms with van der Waals surface area (Å²) in [7, 11) is 1.61. The second kappa shape index (κ2) is 8.17. The number of piperidine rings is 1. The van der Waals surface area contributed by atoms with Gasteiger partial charge in [-0.15, -0.1) is 10.2 Å². The van der Waals surface area contributed by atoms with Crippen molar-refractivity contribution in [1.82, 2.24) is 25.0 Å². The summed E-state index contributed by atoms with van der Waals surface area (Å²) in [5.41, 5.74) is 1.86. The minimum atomic E-state index is -0.243. The van der Waals surface area contributed by atoms with Crippen LogP contribution in [0, 0.1) is 17.7 Å². The maximum atomic E-state index is 13.8. The lowest BCUT2D eigenvalue weighted by molar-refractivity contribution is 0.372. The Hall–Kier alpha value is -3.43. The molecular formula is C23H27FN8O. The summed E-state index contributed by atoms with van der Waals surface area (Å²) >= 11 is 0. The van der Waals surface area contributed by atoms with E-state index in [4.69, 9.17) is 14.8 Å². The molecule has 3 aromatic rings. The zero-order valence-electron chi connectivity index (χ0n) is 18.6. The van der Waals surface area contributed by atoms with Crippen molar-refractivity contribution in [1.29, 1.82) is 0 Å². The molecule has 1 saturated heterocycles. The molecule has 1 saturated carbocycles. The number of ether oxygens (including phenoxy) is 1. The van der Waals surface area contributed by atoms with Crippen molar-refractivity contribution >= 4 is 23.3 Å². The van der Waals surface area contributed by atoms with E-state index in [2.05, 4.69) is 20.4 Å². The third kappa shape index (κ3) is 3.73. The average Bonchev–Trinajstić information content (AvgIpc) is 3.34. The van der Waals surface area contributed by atoms with Crippen LogP contribution in [-0.2, 0) is 6.54 Å². The topological polar surface area (TPSA) is 84.2 Å². The number of benzene rings is 1. The predicted molar refractivity (Wildman–Crippen MR) is 122 cm³/mol. The van der Waals surface area contributed by atoms with Crippen LogP contribution in [0.15, 0.2) is 36.5 Å². The fourth-order valence-electron chi connectivity index (χ4n) is 5.54. The quantitative estimate of drug-likeness (QED) is 0.635. The summed E-state index contributed by atoms with van der Waals surface area (Å²) in [4.78, 5) is 9.26. The normalized spacial score (nSPS) is 24.0. The number of nitrogens with zero attached hydrogens (tertiary/aromatic N) is 7. The number of hydrogen-bond acceptors (Lipinski definition) is 8. The molecule has 2 aliphatic heterocycles. The van der Waals surface area contributed by atoms with Gasteiger partial charge < -0.3 is 19.9 Å². The summed E-state index contributed by atoms with van der Waals surface area (Å²) in [6, 6.07) is 8.95. The van der Waals surface area contributed by atoms with Gasteiger partial charge in [0.1, 0.15) is 5.82 Å². The molecule has 1 aliphatic carbocycles. The van der Waals surface area contributed by atoms with Crippen LogP contribution >= 0.6 is 0 Å². The third-order valence-electron chi connectivity index (χ3n) is 7.09. The highest BCUT2D eigenvalue weighted by Gasteiger charge is 2.43. The SMILES string of the molecule is COc1cc(N2CC3CC[C@@H](C2)C3Nc2nc3n(n2)CCCN3c2cccc(F)c2)cnn1. The van der Waals surface area contributed by atoms with Crippen LogP contribution < -0.4 is 19.9 Å². The standard InChI is InChI=1S/C23H27FN8O/c1-33-20-11-19(12-25-28-20)30-13-15-6-7-16(14-30)21(15)26-22-27-23-31(8-3-9-32(23)29-22)18-5-2-4-17(24)10-18/h2,4-5,10-12,15-16,21H,3,6-9,13-14H2,1H3,(H,26,29)/t15-,16?,21?/m0/s1. The highest BCUT2D eigenvalue weighted by Crippen LogP contribution is 2.40. The first-order valence-electron chi connectivity index (χ1n) is 11.5. The Morgan fingerprint density at radius 3 is 2.73 bits per heavy atom. The van der Waals surface area contributed by atoms with Gasteiger partial charge in [0.05, 0.1) is 19.0 Å². The van der Waals surface area contributed by atoms with Crippen LogP contribution in [0.2, 0.25) is 0 Å². The number of fused-ring (bicyclic) bond motifs is 3. The number of rotatable bonds is 5. The van der Waals surface area contributed by atoms with E-state index >= 15 is 0 Å². The van der Waals surface area contributed by atoms with Gasteiger partial charge in [0.2, 0.25) is 17.8 Å². The zero-order chi connectivity index (χ0) is 22.4. The van der Waals surface area contributed by atoms with Gasteiger partial charge in [-0.3, -0.25) is 0 Å². The lowest BCUT2D eigenvalue weighted by Crippen LogP contribution is -2.48. The Morgan fingerprint density at radius 1 is 1.09 bits per heavy atom. The van der Waals surface area contributed by atoms with Gasteiger partial charge in [-0.25, -0.2) is 9.07 Å². The van der Waals surface area contributed by atoms with Gasteiger partial charge in [0.15, 0.2) is 0 Å². The Morgan fingerprint density at radius 2 is 1.94 bits per heavy atom. The fraction of sp³-hybridized carbons (Fsp3) is 0.478. The highest BCUT2D eigenvalue weighted by atomic mass is 19.1. The van der Waals surface area contributed by atoms with Crippen LogP contribution in [0.1, 0.15) is 19.3 Å². The second-order valence-electron chi connectivity index (χ2n) is 9.07. The van der Waals surface area contributed by atoms with Crippen molar-refractivity contribution in [2.75, 3.05) is 41.9 Å². The van der Waals surface area contributed by atoms with E-state index in [-0.39, 0.29) is 5.82 Å². The first-order chi connectivity index (χ1) is 16.2. The van der Waals surface area contributed by atoms with E-state index in [1.807, 2.05) is 27.9 Å². The molecule has 6 rings (SSSR count). The fourth-order valence-corrected chi connectivity index (χ4v) is 5.54. The van der Waals surface area contributed by atoms with E-state index in [0.717, 1.165) is 49.9 Å². The van der Waals surface area contributed by atoms with Gasteiger partial charge in [-0.2, -0.15) is 10.1 Å². The van der Waals surface area contributed by atoms with Gasteiger partial charge in [-0.1, -0.05) is 6.07 Å². The number of aryl methyl sites for hydroxylation is 1. The van der Waals surface area contributed by atoms with Crippen molar-refractivity contribution in [2.24, 2.45) is 11.8 Å². The van der Waals surface area contributed by atoms with Crippen LogP contribution in [0.5, 0.6) is 5.88 Å². The van der Waals surface area contributed by atoms with E-state index < -0.39 is 0 Å². The molecule has 1 N–H and O–H groups in total. The van der Waals surface area contributed by atoms with E-state index in [0.29, 0.717) is 29.7 Å². The molecule has 172 valence electrons. The molecule has 10 heteroatoms. The first kappa shape index (κ1) is 20.2. The summed E-state index contributed by atoms with van der Waals surface area (Å²) in [6.45, 7) is 3.52. The zero-order valence-corrected chi connectivity index (χ0v) is 18.6. The van der Waals surface area contributed by atoms with Gasteiger partial charge in [0, 0.05) is 44.0 Å². The van der Waals surface area contributed by atoms with Crippen LogP contribution in [0.4, 0.5) is 27.7 Å². The molecule has 3 aliphatic rings. The molecule has 9 nitrogen and oxygen atoms in total. The highest BCUT2D eigenvalue weighted by molar-refractivity contribution is 5.59. The Balaban J connectivity index is 1.19. The molecule has 3 atom stereocenters. The van der Waals surface area contributed by atoms with E-state index in [1.54, 1.807) is 19.2 Å². The average molecular weight is 451 g/mol. The molecule has 0 spiro atoms. The molecule has 0 radical (unpaired) electrons. The molecule has 0 amide bonds. The monoisotopic (exact) mass is 450 g/mol. The van der Waals surface area contributed by atoms with Gasteiger partial charge in [0.25, 0.3) is 0 Å². The largest absolute Gasteiger partial charge is 0.480 e. The molecule has 33 heavy (non-hydrogen) atoms. The molecular weight excluding hydrogens is 423 g/mol. The first-order valence-corrected chi connectivity index (χ1v) is 11.5. The van der Waals surface area contributed by atoms with Crippen LogP contribution in [0.3, 0.4) is 0 Å². The minimum absolute atomic E-state index is 0.243. The smallest absolute Gasteiger partial charge is 0.244 e. The van der Waals surface area contributed by atoms with Crippen LogP contribution in [0.25, 0.3) is 0 Å². The summed E-state index contributed by atoms with van der Waals surface area (Å²) < 4.78 is 21.0. The Kier molecular flexibility index (Phi) is 5.00. The van der Waals surface area contributed by atoms with Crippen molar-refractivity contribution in [3.05, 3.63) is 42.3 Å². The van der Waals surface area contributed by atoms with Gasteiger partial charge >= 0.3 is 0 Å². The van der Waals surface area contributed by atoms with Crippen molar-refractivity contribution in [2.45, 2.75) is 31.8 Å². The number of hydrogen-bond donors (Lipinski definition) is 1.